The van der Waals surface area contributed by atoms with Gasteiger partial charge in [0.25, 0.3) is 5.82 Å². The fourth-order valence-corrected chi connectivity index (χ4v) is 2.23. The van der Waals surface area contributed by atoms with Gasteiger partial charge in [0.2, 0.25) is 0 Å². The van der Waals surface area contributed by atoms with Crippen molar-refractivity contribution in [2.45, 2.75) is 46.0 Å². The van der Waals surface area contributed by atoms with Crippen LogP contribution in [-0.4, -0.2) is 4.98 Å². The molecule has 0 aliphatic carbocycles. The number of imidazole rings is 1. The molecule has 0 bridgehead atoms. The predicted octanol–water partition coefficient (Wildman–Crippen LogP) is 3.72. The molecule has 1 aromatic carbocycles. The molecule has 96 valence electrons. The first-order chi connectivity index (χ1) is 8.81. The summed E-state index contributed by atoms with van der Waals surface area (Å²) in [7, 11) is 0. The number of H-pyrrole nitrogens is 1. The summed E-state index contributed by atoms with van der Waals surface area (Å²) in [6.45, 7) is 4.37. The van der Waals surface area contributed by atoms with Gasteiger partial charge in [-0.25, -0.2) is 4.98 Å². The molecule has 0 fully saturated rings. The van der Waals surface area contributed by atoms with E-state index in [9.17, 15) is 0 Å². The van der Waals surface area contributed by atoms with Crippen LogP contribution in [0.2, 0.25) is 0 Å². The van der Waals surface area contributed by atoms with E-state index < -0.39 is 0 Å². The summed E-state index contributed by atoms with van der Waals surface area (Å²) in [5.41, 5.74) is 2.55. The van der Waals surface area contributed by atoms with Gasteiger partial charge in [0.15, 0.2) is 0 Å². The number of benzene rings is 1. The van der Waals surface area contributed by atoms with Crippen molar-refractivity contribution in [3.8, 4) is 5.69 Å². The molecule has 0 atom stereocenters. The minimum Gasteiger partial charge on any atom is -0.247 e. The molecule has 1 heterocycles. The maximum absolute atomic E-state index is 3.36. The van der Waals surface area contributed by atoms with E-state index in [1.54, 1.807) is 0 Å². The average molecular weight is 243 g/mol. The number of nitrogens with one attached hydrogen (secondary N) is 1. The number of aromatic amines is 1. The third kappa shape index (κ3) is 3.22. The molecule has 0 spiro atoms. The molecule has 0 aliphatic rings. The Kier molecular flexibility index (Phi) is 4.57. The number of unbranched alkanes of at least 4 members (excludes halogenated alkanes) is 3. The minimum atomic E-state index is 1.13. The van der Waals surface area contributed by atoms with Gasteiger partial charge in [0.05, 0.1) is 0 Å². The second-order valence-electron chi connectivity index (χ2n) is 4.92. The van der Waals surface area contributed by atoms with Gasteiger partial charge in [-0.15, -0.1) is 0 Å². The Balaban J connectivity index is 2.05. The van der Waals surface area contributed by atoms with Gasteiger partial charge in [0, 0.05) is 6.42 Å². The molecule has 0 unspecified atom stereocenters. The van der Waals surface area contributed by atoms with Crippen molar-refractivity contribution in [2.75, 3.05) is 0 Å². The maximum atomic E-state index is 3.36. The molecule has 0 saturated carbocycles. The Bertz CT molecular complexity index is 468. The topological polar surface area (TPSA) is 19.7 Å². The number of rotatable bonds is 6. The smallest absolute Gasteiger partial charge is 0.247 e. The van der Waals surface area contributed by atoms with E-state index in [1.807, 2.05) is 6.20 Å². The van der Waals surface area contributed by atoms with E-state index in [1.165, 1.54) is 42.8 Å². The third-order valence-corrected chi connectivity index (χ3v) is 3.34. The van der Waals surface area contributed by atoms with Gasteiger partial charge in [0.1, 0.15) is 18.1 Å². The van der Waals surface area contributed by atoms with Crippen LogP contribution in [0.3, 0.4) is 0 Å². The van der Waals surface area contributed by atoms with Gasteiger partial charge >= 0.3 is 0 Å². The van der Waals surface area contributed by atoms with Gasteiger partial charge in [-0.3, -0.25) is 0 Å². The quantitative estimate of drug-likeness (QED) is 0.589. The van der Waals surface area contributed by atoms with Crippen molar-refractivity contribution >= 4 is 0 Å². The van der Waals surface area contributed by atoms with Gasteiger partial charge in [-0.05, 0) is 25.5 Å². The second-order valence-corrected chi connectivity index (χ2v) is 4.92. The number of hydrogen-bond donors (Lipinski definition) is 1. The van der Waals surface area contributed by atoms with Crippen LogP contribution in [0, 0.1) is 6.92 Å². The molecule has 1 N–H and O–H groups in total. The van der Waals surface area contributed by atoms with Crippen molar-refractivity contribution in [3.05, 3.63) is 48.0 Å². The van der Waals surface area contributed by atoms with Crippen LogP contribution in [-0.2, 0) is 6.42 Å². The maximum Gasteiger partial charge on any atom is 0.259 e. The summed E-state index contributed by atoms with van der Waals surface area (Å²) < 4.78 is 2.26. The number of hydrogen-bond acceptors (Lipinski definition) is 0. The SMILES string of the molecule is CCCCCCc1[nH]cc[n+]1-c1ccc(C)cc1. The molecule has 0 saturated heterocycles. The summed E-state index contributed by atoms with van der Waals surface area (Å²) in [6, 6.07) is 8.68. The summed E-state index contributed by atoms with van der Waals surface area (Å²) in [6.07, 6.45) is 10.5. The van der Waals surface area contributed by atoms with Crippen LogP contribution in [0.15, 0.2) is 36.7 Å². The monoisotopic (exact) mass is 243 g/mol. The first kappa shape index (κ1) is 12.9. The van der Waals surface area contributed by atoms with Crippen LogP contribution in [0.4, 0.5) is 0 Å². The molecule has 2 aromatic rings. The van der Waals surface area contributed by atoms with Crippen LogP contribution in [0.5, 0.6) is 0 Å². The predicted molar refractivity (Wildman–Crippen MR) is 74.9 cm³/mol. The van der Waals surface area contributed by atoms with E-state index in [4.69, 9.17) is 0 Å². The minimum absolute atomic E-state index is 1.13. The lowest BCUT2D eigenvalue weighted by Crippen LogP contribution is -2.33. The summed E-state index contributed by atoms with van der Waals surface area (Å²) in [5, 5.41) is 0. The molecular formula is C16H23N2+. The fourth-order valence-electron chi connectivity index (χ4n) is 2.23. The molecule has 2 nitrogen and oxygen atoms in total. The molecule has 1 aromatic heterocycles. The third-order valence-electron chi connectivity index (χ3n) is 3.34. The van der Waals surface area contributed by atoms with E-state index in [-0.39, 0.29) is 0 Å². The van der Waals surface area contributed by atoms with Crippen molar-refractivity contribution < 1.29 is 4.57 Å². The van der Waals surface area contributed by atoms with E-state index in [0.29, 0.717) is 0 Å². The van der Waals surface area contributed by atoms with Gasteiger partial charge in [-0.1, -0.05) is 43.9 Å². The summed E-state index contributed by atoms with van der Waals surface area (Å²) >= 11 is 0. The zero-order chi connectivity index (χ0) is 12.8. The standard InChI is InChI=1S/C16H22N2/c1-3-4-5-6-7-16-17-12-13-18(16)15-10-8-14(2)9-11-15/h8-13H,3-7H2,1-2H3/p+1. The number of aromatic nitrogens is 2. The Labute approximate surface area is 110 Å². The highest BCUT2D eigenvalue weighted by molar-refractivity contribution is 5.26. The summed E-state index contributed by atoms with van der Waals surface area (Å²) in [4.78, 5) is 3.36. The highest BCUT2D eigenvalue weighted by atomic mass is 15.1. The molecular weight excluding hydrogens is 220 g/mol. The summed E-state index contributed by atoms with van der Waals surface area (Å²) in [5.74, 6) is 1.30. The van der Waals surface area contributed by atoms with Crippen LogP contribution >= 0.6 is 0 Å². The molecule has 0 aliphatic heterocycles. The van der Waals surface area contributed by atoms with E-state index in [2.05, 4.69) is 53.9 Å². The molecule has 2 rings (SSSR count). The second kappa shape index (κ2) is 6.39. The van der Waals surface area contributed by atoms with E-state index in [0.717, 1.165) is 6.42 Å². The largest absolute Gasteiger partial charge is 0.259 e. The molecule has 0 radical (unpaired) electrons. The molecule has 0 amide bonds. The highest BCUT2D eigenvalue weighted by Gasteiger charge is 2.11. The average Bonchev–Trinajstić information content (AvgIpc) is 2.84. The normalized spacial score (nSPS) is 10.8. The van der Waals surface area contributed by atoms with Crippen molar-refractivity contribution in [2.24, 2.45) is 0 Å². The van der Waals surface area contributed by atoms with E-state index >= 15 is 0 Å². The lowest BCUT2D eigenvalue weighted by atomic mass is 10.1. The Morgan fingerprint density at radius 1 is 1.06 bits per heavy atom. The Morgan fingerprint density at radius 3 is 2.56 bits per heavy atom. The molecule has 2 heteroatoms. The van der Waals surface area contributed by atoms with Crippen molar-refractivity contribution in [1.82, 2.24) is 4.98 Å². The number of nitrogens with zero attached hydrogens (tertiary/aromatic N) is 1. The van der Waals surface area contributed by atoms with Crippen LogP contribution in [0.25, 0.3) is 5.69 Å². The van der Waals surface area contributed by atoms with Crippen molar-refractivity contribution in [3.63, 3.8) is 0 Å². The highest BCUT2D eigenvalue weighted by Crippen LogP contribution is 2.07. The zero-order valence-electron chi connectivity index (χ0n) is 11.4. The van der Waals surface area contributed by atoms with Crippen molar-refractivity contribution in [1.29, 1.82) is 0 Å². The lowest BCUT2D eigenvalue weighted by molar-refractivity contribution is -0.603. The number of aryl methyl sites for hydroxylation is 2. The lowest BCUT2D eigenvalue weighted by Gasteiger charge is -2.01. The molecule has 18 heavy (non-hydrogen) atoms. The van der Waals surface area contributed by atoms with Gasteiger partial charge < -0.3 is 0 Å². The fraction of sp³-hybridized carbons (Fsp3) is 0.438. The van der Waals surface area contributed by atoms with Crippen LogP contribution < -0.4 is 4.57 Å². The Hall–Kier alpha value is -1.57. The van der Waals surface area contributed by atoms with Crippen LogP contribution in [0.1, 0.15) is 44.0 Å². The first-order valence-electron chi connectivity index (χ1n) is 6.96. The van der Waals surface area contributed by atoms with Gasteiger partial charge in [-0.2, -0.15) is 4.57 Å². The first-order valence-corrected chi connectivity index (χ1v) is 6.96. The Morgan fingerprint density at radius 2 is 1.83 bits per heavy atom. The zero-order valence-corrected chi connectivity index (χ0v) is 11.4.